The van der Waals surface area contributed by atoms with Crippen LogP contribution in [-0.4, -0.2) is 122 Å². The smallest absolute Gasteiger partial charge is 0.410 e. The van der Waals surface area contributed by atoms with Crippen LogP contribution in [0.5, 0.6) is 11.8 Å². The minimum Gasteiger partial charge on any atom is -0.477 e. The van der Waals surface area contributed by atoms with Gasteiger partial charge in [-0.2, -0.15) is 0 Å². The van der Waals surface area contributed by atoms with Gasteiger partial charge in [0.25, 0.3) is 31.9 Å². The van der Waals surface area contributed by atoms with Crippen molar-refractivity contribution in [1.82, 2.24) is 59.2 Å². The quantitative estimate of drug-likeness (QED) is 0.0304. The lowest BCUT2D eigenvalue weighted by Gasteiger charge is -2.33. The average Bonchev–Trinajstić information content (AvgIpc) is 1.76. The van der Waals surface area contributed by atoms with Crippen molar-refractivity contribution >= 4 is 61.2 Å². The fourth-order valence-electron chi connectivity index (χ4n) is 11.6. The molecule has 0 aromatic carbocycles. The van der Waals surface area contributed by atoms with E-state index in [1.807, 2.05) is 25.7 Å². The molecule has 0 bridgehead atoms. The Hall–Kier alpha value is -6.73. The first-order valence-corrected chi connectivity index (χ1v) is 36.1. The van der Waals surface area contributed by atoms with Crippen molar-refractivity contribution in [3.63, 3.8) is 0 Å². The first-order chi connectivity index (χ1) is 43.8. The Morgan fingerprint density at radius 1 is 0.604 bits per heavy atom. The Kier molecular flexibility index (Phi) is 26.7. The summed E-state index contributed by atoms with van der Waals surface area (Å²) in [6.07, 6.45) is 24.6. The van der Waals surface area contributed by atoms with Crippen LogP contribution in [0, 0.1) is 22.7 Å². The number of amides is 3. The number of pyridine rings is 4. The molecular formula is C70H102Cl2N12O10S2. The second-order valence-electron chi connectivity index (χ2n) is 28.4. The number of hydrogen-bond donors (Lipinski definition) is 3. The van der Waals surface area contributed by atoms with Crippen molar-refractivity contribution in [3.8, 4) is 23.4 Å². The Balaban J connectivity index is 0.000000297. The summed E-state index contributed by atoms with van der Waals surface area (Å²) in [5, 5.41) is 12.0. The minimum atomic E-state index is -4.20. The largest absolute Gasteiger partial charge is 0.477 e. The van der Waals surface area contributed by atoms with E-state index in [0.29, 0.717) is 66.3 Å². The number of unbranched alkanes of at least 4 members (excludes halogenated alkanes) is 4. The van der Waals surface area contributed by atoms with Gasteiger partial charge in [-0.15, -0.1) is 10.2 Å². The summed E-state index contributed by atoms with van der Waals surface area (Å²) in [5.74, 6) is 1.02. The summed E-state index contributed by atoms with van der Waals surface area (Å²) in [5.41, 5.74) is 1.69. The maximum Gasteiger partial charge on any atom is 0.410 e. The van der Waals surface area contributed by atoms with E-state index in [9.17, 15) is 31.2 Å². The van der Waals surface area contributed by atoms with E-state index < -0.39 is 37.5 Å². The normalized spacial score (nSPS) is 17.9. The summed E-state index contributed by atoms with van der Waals surface area (Å²) in [6, 6.07) is 15.6. The molecule has 26 heteroatoms. The molecule has 6 aromatic rings. The molecule has 8 heterocycles. The van der Waals surface area contributed by atoms with Crippen LogP contribution >= 0.6 is 23.2 Å². The predicted molar refractivity (Wildman–Crippen MR) is 375 cm³/mol. The molecule has 2 unspecified atom stereocenters. The van der Waals surface area contributed by atoms with Crippen LogP contribution in [-0.2, 0) is 37.6 Å². The Morgan fingerprint density at radius 2 is 1.05 bits per heavy atom. The van der Waals surface area contributed by atoms with Crippen LogP contribution in [0.2, 0.25) is 10.3 Å². The molecule has 2 aliphatic heterocycles. The van der Waals surface area contributed by atoms with Crippen LogP contribution in [0.1, 0.15) is 219 Å². The molecule has 3 amide bonds. The molecule has 2 saturated carbocycles. The van der Waals surface area contributed by atoms with Crippen molar-refractivity contribution < 1.29 is 45.4 Å². The fraction of sp³-hybridized carbons (Fsp3) is 0.586. The van der Waals surface area contributed by atoms with Crippen molar-refractivity contribution in [3.05, 3.63) is 118 Å². The third-order valence-corrected chi connectivity index (χ3v) is 21.1. The molecule has 10 rings (SSSR count). The van der Waals surface area contributed by atoms with Gasteiger partial charge in [-0.3, -0.25) is 19.6 Å². The number of hydrogen-bond acceptors (Lipinski definition) is 17. The molecule has 6 aromatic heterocycles. The zero-order chi connectivity index (χ0) is 67.0. The molecule has 0 radical (unpaired) electrons. The van der Waals surface area contributed by atoms with Crippen molar-refractivity contribution in [2.45, 2.75) is 227 Å². The summed E-state index contributed by atoms with van der Waals surface area (Å²) >= 11 is 12.6. The van der Waals surface area contributed by atoms with E-state index in [-0.39, 0.29) is 70.7 Å². The van der Waals surface area contributed by atoms with E-state index >= 15 is 0 Å². The summed E-state index contributed by atoms with van der Waals surface area (Å²) in [4.78, 5) is 57.2. The van der Waals surface area contributed by atoms with E-state index in [0.717, 1.165) is 88.1 Å². The molecule has 4 fully saturated rings. The van der Waals surface area contributed by atoms with Crippen LogP contribution in [0.25, 0.3) is 11.6 Å². The summed E-state index contributed by atoms with van der Waals surface area (Å²) in [6.45, 7) is 21.8. The zero-order valence-corrected chi connectivity index (χ0v) is 58.1. The summed E-state index contributed by atoms with van der Waals surface area (Å²) < 4.78 is 75.9. The maximum atomic E-state index is 13.0. The number of ether oxygens (including phenoxy) is 3. The van der Waals surface area contributed by atoms with Gasteiger partial charge < -0.3 is 24.4 Å². The first kappa shape index (κ1) is 78.3. The van der Waals surface area contributed by atoms with Gasteiger partial charge in [0.15, 0.2) is 11.6 Å². The standard InChI is InChI=1S/C36H49ClN6O6S.C31H41ClN6O4S.3CH4/c1-34(2,3)49-33(45)42-24-25(22-35(42,4)5)10-8-7-9-11-26-12-13-27(23-38-26)50(46,47)41-32(44)28-14-15-29(39-31(28)37)43-20-16-30(40-43)48-21-19-36(6)17-18-36;1-30(2)19-22(20-34-30)7-5-4-6-8-23-9-10-24(21-33-23)43(40,41)37-29(39)25-11-12-26(35-28(25)32)38-17-13-27(36-38)42-18-16-31(3)14-15-31;;;/h12-16,20,23,25H,7-11,17-19,21-22,24H2,1-6H3,(H,41,44);9-13,17,21-22,34H,4-8,14-16,18-20H2,1-3H3,(H,37,39);3*1H4. The number of carbonyl (C=O) groups excluding carboxylic acids is 3. The monoisotopic (exact) mass is 1400 g/mol. The van der Waals surface area contributed by atoms with Crippen molar-refractivity contribution in [2.75, 3.05) is 26.3 Å². The lowest BCUT2D eigenvalue weighted by Crippen LogP contribution is -2.45. The second kappa shape index (κ2) is 32.8. The highest BCUT2D eigenvalue weighted by Gasteiger charge is 2.43. The van der Waals surface area contributed by atoms with Crippen LogP contribution < -0.4 is 24.2 Å². The topological polar surface area (TPSA) is 274 Å². The van der Waals surface area contributed by atoms with Crippen molar-refractivity contribution in [1.29, 1.82) is 0 Å². The molecule has 2 atom stereocenters. The molecule has 0 spiro atoms. The van der Waals surface area contributed by atoms with Gasteiger partial charge in [-0.05, 0) is 216 Å². The molecule has 4 aliphatic rings. The lowest BCUT2D eigenvalue weighted by molar-refractivity contribution is 0.0130. The van der Waals surface area contributed by atoms with Gasteiger partial charge >= 0.3 is 6.09 Å². The van der Waals surface area contributed by atoms with Crippen molar-refractivity contribution in [2.24, 2.45) is 22.7 Å². The van der Waals surface area contributed by atoms with E-state index in [2.05, 4.69) is 86.4 Å². The number of nitrogens with zero attached hydrogens (tertiary/aromatic N) is 9. The van der Waals surface area contributed by atoms with E-state index in [1.165, 1.54) is 103 Å². The SMILES string of the molecule is C.C.C.CC1(CCOc2ccn(-c3ccc(C(=O)NS(=O)(=O)c4ccc(CCCCCC5CN(C(=O)OC(C)(C)C)C(C)(C)C5)nc4)c(Cl)n3)n2)CC1.CC1(CCOc2ccn(-c3ccc(C(=O)NS(=O)(=O)c4ccc(CCCCCC5CNC(C)(C)C5)nc4)c(Cl)n3)n2)CC1. The molecule has 22 nitrogen and oxygen atoms in total. The number of likely N-dealkylation sites (tertiary alicyclic amines) is 1. The number of aromatic nitrogens is 8. The molecule has 2 saturated heterocycles. The number of nitrogens with one attached hydrogen (secondary N) is 3. The van der Waals surface area contributed by atoms with Gasteiger partial charge in [0.1, 0.15) is 25.7 Å². The molecule has 3 N–H and O–H groups in total. The van der Waals surface area contributed by atoms with Gasteiger partial charge in [0.2, 0.25) is 11.8 Å². The van der Waals surface area contributed by atoms with E-state index in [1.54, 1.807) is 36.7 Å². The number of rotatable bonds is 28. The molecule has 2 aliphatic carbocycles. The highest BCUT2D eigenvalue weighted by Crippen LogP contribution is 2.48. The Bertz CT molecular complexity index is 3810. The van der Waals surface area contributed by atoms with E-state index in [4.69, 9.17) is 37.4 Å². The molecule has 96 heavy (non-hydrogen) atoms. The van der Waals surface area contributed by atoms with Gasteiger partial charge in [0.05, 0.1) is 24.3 Å². The average molecular weight is 1410 g/mol. The van der Waals surface area contributed by atoms with Gasteiger partial charge in [0, 0.05) is 65.9 Å². The number of halogens is 2. The number of carbonyl (C=O) groups is 3. The Morgan fingerprint density at radius 3 is 1.44 bits per heavy atom. The highest BCUT2D eigenvalue weighted by atomic mass is 35.5. The third-order valence-electron chi connectivity index (χ3n) is 17.9. The number of aryl methyl sites for hydroxylation is 2. The summed E-state index contributed by atoms with van der Waals surface area (Å²) in [7, 11) is -8.36. The van der Waals surface area contributed by atoms with Crippen LogP contribution in [0.15, 0.2) is 95.2 Å². The number of sulfonamides is 2. The predicted octanol–water partition coefficient (Wildman–Crippen LogP) is 14.5. The van der Waals surface area contributed by atoms with Gasteiger partial charge in [-0.25, -0.2) is 50.4 Å². The third kappa shape index (κ3) is 22.4. The van der Waals surface area contributed by atoms with Crippen LogP contribution in [0.4, 0.5) is 4.79 Å². The second-order valence-corrected chi connectivity index (χ2v) is 32.5. The molecule has 528 valence electrons. The lowest BCUT2D eigenvalue weighted by atomic mass is 9.92. The zero-order valence-electron chi connectivity index (χ0n) is 55.0. The Labute approximate surface area is 579 Å². The molecular weight excluding hydrogens is 1300 g/mol. The first-order valence-electron chi connectivity index (χ1n) is 32.4. The highest BCUT2D eigenvalue weighted by molar-refractivity contribution is 7.90. The fourth-order valence-corrected chi connectivity index (χ4v) is 13.9. The minimum absolute atomic E-state index is 0. The van der Waals surface area contributed by atoms with Gasteiger partial charge in [-0.1, -0.05) is 85.0 Å². The maximum absolute atomic E-state index is 13.0. The van der Waals surface area contributed by atoms with Crippen LogP contribution in [0.3, 0.4) is 0 Å².